The Hall–Kier alpha value is -3.77. The third-order valence-corrected chi connectivity index (χ3v) is 7.18. The molecule has 2 unspecified atom stereocenters. The minimum absolute atomic E-state index is 0.149. The van der Waals surface area contributed by atoms with Gasteiger partial charge in [0.25, 0.3) is 0 Å². The van der Waals surface area contributed by atoms with Crippen LogP contribution in [-0.4, -0.2) is 47.8 Å². The standard InChI is InChI=1S/C30H33F7N2O4/c1-8-19(13-29(32,33)34)10-20(9-16(4)30(35,36)37)26-18(6)39(28(40)42-26)14-23-17(5)38-43-27(23)22-11-21(15(2)3)24(31)12-25(22)41-7/h8-12,15,18,26H,13-14H2,1-7H3/b16-9+,19-8+,20-10+. The topological polar surface area (TPSA) is 64.8 Å². The van der Waals surface area contributed by atoms with Crippen molar-refractivity contribution in [2.45, 2.75) is 84.9 Å². The van der Waals surface area contributed by atoms with E-state index in [0.29, 0.717) is 28.5 Å². The van der Waals surface area contributed by atoms with Gasteiger partial charge in [-0.1, -0.05) is 31.2 Å². The highest BCUT2D eigenvalue weighted by molar-refractivity contribution is 5.74. The number of allylic oxidation sites excluding steroid dienone is 4. The van der Waals surface area contributed by atoms with Crippen LogP contribution >= 0.6 is 0 Å². The van der Waals surface area contributed by atoms with Crippen molar-refractivity contribution in [3.63, 3.8) is 0 Å². The van der Waals surface area contributed by atoms with Gasteiger partial charge in [-0.3, -0.25) is 4.90 Å². The summed E-state index contributed by atoms with van der Waals surface area (Å²) in [6, 6.07) is 1.85. The highest BCUT2D eigenvalue weighted by atomic mass is 19.4. The summed E-state index contributed by atoms with van der Waals surface area (Å²) in [4.78, 5) is 14.3. The molecule has 0 saturated carbocycles. The molecule has 2 heterocycles. The van der Waals surface area contributed by atoms with Crippen LogP contribution in [0.5, 0.6) is 5.75 Å². The SMILES string of the molecule is C\C=C(/C=C(\C=C(/C)C(F)(F)F)C1OC(=O)N(Cc2c(C)noc2-c2cc(C(C)C)c(F)cc2OC)C1C)CC(F)(F)F. The fourth-order valence-corrected chi connectivity index (χ4v) is 4.70. The average Bonchev–Trinajstić information content (AvgIpc) is 3.39. The quantitative estimate of drug-likeness (QED) is 0.207. The lowest BCUT2D eigenvalue weighted by Gasteiger charge is -2.22. The van der Waals surface area contributed by atoms with Gasteiger partial charge in [0.15, 0.2) is 5.76 Å². The van der Waals surface area contributed by atoms with Crippen molar-refractivity contribution < 1.29 is 49.5 Å². The summed E-state index contributed by atoms with van der Waals surface area (Å²) >= 11 is 0. The summed E-state index contributed by atoms with van der Waals surface area (Å²) in [7, 11) is 1.35. The first-order chi connectivity index (χ1) is 19.9. The number of halogens is 7. The predicted molar refractivity (Wildman–Crippen MR) is 145 cm³/mol. The Bertz CT molecular complexity index is 1440. The highest BCUT2D eigenvalue weighted by Gasteiger charge is 2.42. The number of carbonyl (C=O) groups excluding carboxylic acids is 1. The molecule has 2 aromatic rings. The molecule has 6 nitrogen and oxygen atoms in total. The number of benzene rings is 1. The van der Waals surface area contributed by atoms with Crippen molar-refractivity contribution in [2.24, 2.45) is 0 Å². The van der Waals surface area contributed by atoms with Crippen LogP contribution in [-0.2, 0) is 11.3 Å². The first kappa shape index (κ1) is 33.7. The molecular weight excluding hydrogens is 585 g/mol. The maximum Gasteiger partial charge on any atom is 0.412 e. The van der Waals surface area contributed by atoms with Gasteiger partial charge in [-0.05, 0) is 62.5 Å². The van der Waals surface area contributed by atoms with E-state index >= 15 is 0 Å². The maximum atomic E-state index is 14.7. The first-order valence-electron chi connectivity index (χ1n) is 13.4. The number of amides is 1. The Morgan fingerprint density at radius 1 is 1.16 bits per heavy atom. The second kappa shape index (κ2) is 12.8. The van der Waals surface area contributed by atoms with Gasteiger partial charge in [-0.15, -0.1) is 0 Å². The van der Waals surface area contributed by atoms with Gasteiger partial charge >= 0.3 is 18.4 Å². The van der Waals surface area contributed by atoms with E-state index in [9.17, 15) is 35.5 Å². The molecule has 43 heavy (non-hydrogen) atoms. The van der Waals surface area contributed by atoms with E-state index < -0.39 is 48.4 Å². The van der Waals surface area contributed by atoms with Crippen molar-refractivity contribution in [3.8, 4) is 17.1 Å². The summed E-state index contributed by atoms with van der Waals surface area (Å²) < 4.78 is 111. The van der Waals surface area contributed by atoms with Gasteiger partial charge in [0.2, 0.25) is 0 Å². The molecule has 0 spiro atoms. The van der Waals surface area contributed by atoms with Crippen LogP contribution in [0.3, 0.4) is 0 Å². The fraction of sp³-hybridized carbons (Fsp3) is 0.467. The highest BCUT2D eigenvalue weighted by Crippen LogP contribution is 2.40. The van der Waals surface area contributed by atoms with E-state index in [0.717, 1.165) is 19.1 Å². The second-order valence-electron chi connectivity index (χ2n) is 10.6. The Labute approximate surface area is 244 Å². The molecule has 1 saturated heterocycles. The number of aromatic nitrogens is 1. The molecule has 1 aliphatic rings. The molecule has 0 aliphatic carbocycles. The number of aryl methyl sites for hydroxylation is 1. The molecule has 1 aromatic heterocycles. The third kappa shape index (κ3) is 7.80. The number of rotatable bonds is 9. The molecule has 1 aromatic carbocycles. The monoisotopic (exact) mass is 618 g/mol. The van der Waals surface area contributed by atoms with Gasteiger partial charge in [-0.25, -0.2) is 9.18 Å². The lowest BCUT2D eigenvalue weighted by atomic mass is 9.95. The normalized spacial score (nSPS) is 19.0. The van der Waals surface area contributed by atoms with Crippen LogP contribution in [0.2, 0.25) is 0 Å². The van der Waals surface area contributed by atoms with Crippen LogP contribution in [0.15, 0.2) is 51.6 Å². The zero-order valence-electron chi connectivity index (χ0n) is 24.7. The second-order valence-corrected chi connectivity index (χ2v) is 10.6. The zero-order valence-corrected chi connectivity index (χ0v) is 24.7. The minimum Gasteiger partial charge on any atom is -0.496 e. The fourth-order valence-electron chi connectivity index (χ4n) is 4.70. The molecule has 0 N–H and O–H groups in total. The Morgan fingerprint density at radius 3 is 2.35 bits per heavy atom. The lowest BCUT2D eigenvalue weighted by molar-refractivity contribution is -0.126. The van der Waals surface area contributed by atoms with E-state index in [1.54, 1.807) is 26.8 Å². The molecule has 3 rings (SSSR count). The number of nitrogens with zero attached hydrogens (tertiary/aromatic N) is 2. The predicted octanol–water partition coefficient (Wildman–Crippen LogP) is 8.96. The summed E-state index contributed by atoms with van der Waals surface area (Å²) in [5.41, 5.74) is -0.0936. The van der Waals surface area contributed by atoms with Crippen molar-refractivity contribution in [3.05, 3.63) is 69.7 Å². The smallest absolute Gasteiger partial charge is 0.412 e. The summed E-state index contributed by atoms with van der Waals surface area (Å²) in [6.45, 7) is 8.66. The zero-order chi connectivity index (χ0) is 32.4. The van der Waals surface area contributed by atoms with Crippen molar-refractivity contribution in [1.29, 1.82) is 0 Å². The molecule has 1 aliphatic heterocycles. The van der Waals surface area contributed by atoms with Gasteiger partial charge in [0, 0.05) is 17.2 Å². The molecule has 0 radical (unpaired) electrons. The third-order valence-electron chi connectivity index (χ3n) is 7.18. The van der Waals surface area contributed by atoms with Crippen molar-refractivity contribution >= 4 is 6.09 Å². The number of alkyl halides is 6. The van der Waals surface area contributed by atoms with Crippen LogP contribution in [0.25, 0.3) is 11.3 Å². The van der Waals surface area contributed by atoms with Crippen LogP contribution in [0, 0.1) is 12.7 Å². The molecule has 0 bridgehead atoms. The van der Waals surface area contributed by atoms with E-state index in [4.69, 9.17) is 14.0 Å². The van der Waals surface area contributed by atoms with Crippen LogP contribution < -0.4 is 4.74 Å². The number of hydrogen-bond donors (Lipinski definition) is 0. The number of methoxy groups -OCH3 is 1. The van der Waals surface area contributed by atoms with Gasteiger partial charge in [0.1, 0.15) is 17.7 Å². The minimum atomic E-state index is -4.76. The first-order valence-corrected chi connectivity index (χ1v) is 13.4. The molecule has 236 valence electrons. The van der Waals surface area contributed by atoms with Crippen molar-refractivity contribution in [2.75, 3.05) is 7.11 Å². The van der Waals surface area contributed by atoms with E-state index in [2.05, 4.69) is 5.16 Å². The Balaban J connectivity index is 2.06. The van der Waals surface area contributed by atoms with Gasteiger partial charge < -0.3 is 14.0 Å². The van der Waals surface area contributed by atoms with Crippen LogP contribution in [0.1, 0.15) is 63.8 Å². The molecule has 13 heteroatoms. The Kier molecular flexibility index (Phi) is 10.1. The molecule has 2 atom stereocenters. The van der Waals surface area contributed by atoms with Crippen molar-refractivity contribution in [1.82, 2.24) is 10.1 Å². The number of carbonyl (C=O) groups is 1. The van der Waals surface area contributed by atoms with Gasteiger partial charge in [-0.2, -0.15) is 26.3 Å². The summed E-state index contributed by atoms with van der Waals surface area (Å²) in [5.74, 6) is -0.342. The number of hydrogen-bond acceptors (Lipinski definition) is 5. The van der Waals surface area contributed by atoms with E-state index in [-0.39, 0.29) is 35.1 Å². The largest absolute Gasteiger partial charge is 0.496 e. The Morgan fingerprint density at radius 2 is 1.81 bits per heavy atom. The molecule has 1 fully saturated rings. The summed E-state index contributed by atoms with van der Waals surface area (Å²) in [6.07, 6.45) is -10.2. The summed E-state index contributed by atoms with van der Waals surface area (Å²) in [5, 5.41) is 4.00. The molecular formula is C30H33F7N2O4. The van der Waals surface area contributed by atoms with E-state index in [1.807, 2.05) is 0 Å². The van der Waals surface area contributed by atoms with E-state index in [1.165, 1.54) is 31.9 Å². The number of ether oxygens (including phenoxy) is 2. The van der Waals surface area contributed by atoms with Gasteiger partial charge in [0.05, 0.1) is 37.4 Å². The molecule has 1 amide bonds. The number of cyclic esters (lactones) is 1. The lowest BCUT2D eigenvalue weighted by Crippen LogP contribution is -2.34. The van der Waals surface area contributed by atoms with Crippen LogP contribution in [0.4, 0.5) is 35.5 Å². The average molecular weight is 619 g/mol. The maximum absolute atomic E-state index is 14.7.